The number of nitrogens with one attached hydrogen (secondary N) is 3. The maximum absolute atomic E-state index is 4.68. The molecular weight excluding hydrogens is 340 g/mol. The van der Waals surface area contributed by atoms with Crippen LogP contribution in [0.5, 0.6) is 0 Å². The molecule has 5 heteroatoms. The van der Waals surface area contributed by atoms with E-state index in [2.05, 4.69) is 74.5 Å². The maximum Gasteiger partial charge on any atom is 0.0872 e. The molecule has 118 valence electrons. The Morgan fingerprint density at radius 3 is 1.79 bits per heavy atom. The SMILES string of the molecule is C1=Cc2nc1cc1ccc(cc3ccc(cc4ccc2[nH]4)[nH]3)[nH]1.[Fe]. The minimum Gasteiger partial charge on any atom is -0.355 e. The average Bonchev–Trinajstić information content (AvgIpc) is 3.28. The van der Waals surface area contributed by atoms with Crippen LogP contribution in [0.4, 0.5) is 0 Å². The number of fused-ring (bicyclic) bond motifs is 9. The Bertz CT molecular complexity index is 1180. The zero-order chi connectivity index (χ0) is 15.2. The number of hydrogen-bond acceptors (Lipinski definition) is 1. The van der Waals surface area contributed by atoms with Crippen molar-refractivity contribution in [3.63, 3.8) is 0 Å². The minimum atomic E-state index is 0. The Hall–Kier alpha value is -2.75. The molecule has 4 aromatic rings. The molecule has 3 N–H and O–H groups in total. The number of hydrogen-bond donors (Lipinski definition) is 3. The largest absolute Gasteiger partial charge is 0.355 e. The van der Waals surface area contributed by atoms with Crippen molar-refractivity contribution in [2.24, 2.45) is 0 Å². The maximum atomic E-state index is 4.68. The van der Waals surface area contributed by atoms with Crippen molar-refractivity contribution in [3.8, 4) is 0 Å². The third-order valence-corrected chi connectivity index (χ3v) is 4.03. The molecule has 0 aromatic carbocycles. The van der Waals surface area contributed by atoms with E-state index in [0.717, 1.165) is 44.5 Å². The Morgan fingerprint density at radius 2 is 1.12 bits per heavy atom. The van der Waals surface area contributed by atoms with Crippen LogP contribution in [0.25, 0.3) is 45.3 Å². The molecule has 0 saturated heterocycles. The third-order valence-electron chi connectivity index (χ3n) is 4.03. The molecule has 0 fully saturated rings. The first-order chi connectivity index (χ1) is 11.3. The van der Waals surface area contributed by atoms with Crippen LogP contribution in [-0.4, -0.2) is 19.9 Å². The molecule has 0 spiro atoms. The van der Waals surface area contributed by atoms with Crippen LogP contribution < -0.4 is 0 Å². The molecule has 0 radical (unpaired) electrons. The summed E-state index contributed by atoms with van der Waals surface area (Å²) in [5.41, 5.74) is 8.22. The average molecular weight is 354 g/mol. The van der Waals surface area contributed by atoms with Gasteiger partial charge in [0.25, 0.3) is 0 Å². The van der Waals surface area contributed by atoms with Crippen LogP contribution in [0, 0.1) is 0 Å². The number of aromatic nitrogens is 4. The Labute approximate surface area is 148 Å². The van der Waals surface area contributed by atoms with E-state index in [1.807, 2.05) is 12.2 Å². The summed E-state index contributed by atoms with van der Waals surface area (Å²) < 4.78 is 0. The number of aromatic amines is 3. The predicted octanol–water partition coefficient (Wildman–Crippen LogP) is 4.69. The van der Waals surface area contributed by atoms with Gasteiger partial charge >= 0.3 is 0 Å². The van der Waals surface area contributed by atoms with Gasteiger partial charge in [-0.1, -0.05) is 0 Å². The van der Waals surface area contributed by atoms with Crippen LogP contribution in [-0.2, 0) is 17.1 Å². The van der Waals surface area contributed by atoms with E-state index in [0.29, 0.717) is 0 Å². The number of H-pyrrole nitrogens is 3. The Morgan fingerprint density at radius 1 is 0.583 bits per heavy atom. The summed E-state index contributed by atoms with van der Waals surface area (Å²) in [5.74, 6) is 0. The van der Waals surface area contributed by atoms with Gasteiger partial charge in [0, 0.05) is 44.7 Å². The van der Waals surface area contributed by atoms with Gasteiger partial charge in [-0.25, -0.2) is 4.98 Å². The molecule has 0 amide bonds. The minimum absolute atomic E-state index is 0. The van der Waals surface area contributed by atoms with E-state index >= 15 is 0 Å². The van der Waals surface area contributed by atoms with Gasteiger partial charge in [-0.15, -0.1) is 0 Å². The first kappa shape index (κ1) is 14.8. The van der Waals surface area contributed by atoms with E-state index in [1.54, 1.807) is 0 Å². The van der Waals surface area contributed by atoms with Crippen LogP contribution in [0.2, 0.25) is 0 Å². The van der Waals surface area contributed by atoms with Crippen LogP contribution >= 0.6 is 0 Å². The zero-order valence-electron chi connectivity index (χ0n) is 12.7. The normalized spacial score (nSPS) is 11.7. The molecule has 1 aliphatic rings. The predicted molar refractivity (Wildman–Crippen MR) is 95.2 cm³/mol. The van der Waals surface area contributed by atoms with Crippen molar-refractivity contribution in [3.05, 3.63) is 66.0 Å². The second-order valence-corrected chi connectivity index (χ2v) is 5.75. The zero-order valence-corrected chi connectivity index (χ0v) is 13.8. The summed E-state index contributed by atoms with van der Waals surface area (Å²) in [7, 11) is 0. The second kappa shape index (κ2) is 5.71. The first-order valence-corrected chi connectivity index (χ1v) is 7.57. The molecular formula is C19H14FeN4. The summed E-state index contributed by atoms with van der Waals surface area (Å²) >= 11 is 0. The molecule has 0 unspecified atom stereocenters. The van der Waals surface area contributed by atoms with Crippen molar-refractivity contribution >= 4 is 45.3 Å². The van der Waals surface area contributed by atoms with E-state index < -0.39 is 0 Å². The van der Waals surface area contributed by atoms with Gasteiger partial charge < -0.3 is 15.0 Å². The third kappa shape index (κ3) is 2.64. The molecule has 5 heterocycles. The Kier molecular flexibility index (Phi) is 3.53. The van der Waals surface area contributed by atoms with Gasteiger partial charge in [0.15, 0.2) is 0 Å². The van der Waals surface area contributed by atoms with Gasteiger partial charge in [-0.05, 0) is 66.7 Å². The van der Waals surface area contributed by atoms with E-state index in [9.17, 15) is 0 Å². The molecule has 24 heavy (non-hydrogen) atoms. The van der Waals surface area contributed by atoms with Gasteiger partial charge in [0.05, 0.1) is 16.9 Å². The van der Waals surface area contributed by atoms with Crippen molar-refractivity contribution in [2.45, 2.75) is 0 Å². The molecule has 8 bridgehead atoms. The summed E-state index contributed by atoms with van der Waals surface area (Å²) in [6.45, 7) is 0. The standard InChI is InChI=1S/C19H14N4.Fe/c1-3-14-10-16-5-7-18(22-16)19-8-6-17(23-19)11-15-4-2-13(21-15)9-12(1)20-14;/h1-11,20-22H;. The van der Waals surface area contributed by atoms with Crippen molar-refractivity contribution in [1.29, 1.82) is 0 Å². The molecule has 4 nitrogen and oxygen atoms in total. The smallest absolute Gasteiger partial charge is 0.0872 e. The second-order valence-electron chi connectivity index (χ2n) is 5.75. The monoisotopic (exact) mass is 354 g/mol. The van der Waals surface area contributed by atoms with Crippen LogP contribution in [0.1, 0.15) is 11.4 Å². The summed E-state index contributed by atoms with van der Waals surface area (Å²) in [5, 5.41) is 0. The van der Waals surface area contributed by atoms with Crippen molar-refractivity contribution < 1.29 is 17.1 Å². The molecule has 5 rings (SSSR count). The quantitative estimate of drug-likeness (QED) is 0.347. The topological polar surface area (TPSA) is 60.3 Å². The van der Waals surface area contributed by atoms with Gasteiger partial charge in [-0.2, -0.15) is 0 Å². The van der Waals surface area contributed by atoms with Gasteiger partial charge in [0.2, 0.25) is 0 Å². The fraction of sp³-hybridized carbons (Fsp3) is 0. The summed E-state index contributed by atoms with van der Waals surface area (Å²) in [6, 6.07) is 18.7. The van der Waals surface area contributed by atoms with E-state index in [4.69, 9.17) is 0 Å². The van der Waals surface area contributed by atoms with Gasteiger partial charge in [-0.3, -0.25) is 0 Å². The molecule has 4 aromatic heterocycles. The molecule has 0 atom stereocenters. The summed E-state index contributed by atoms with van der Waals surface area (Å²) in [6.07, 6.45) is 4.07. The first-order valence-electron chi connectivity index (χ1n) is 7.57. The fourth-order valence-corrected chi connectivity index (χ4v) is 2.94. The number of rotatable bonds is 0. The van der Waals surface area contributed by atoms with Crippen LogP contribution in [0.3, 0.4) is 0 Å². The number of nitrogens with zero attached hydrogens (tertiary/aromatic N) is 1. The summed E-state index contributed by atoms with van der Waals surface area (Å²) in [4.78, 5) is 14.9. The van der Waals surface area contributed by atoms with Crippen molar-refractivity contribution in [2.75, 3.05) is 0 Å². The van der Waals surface area contributed by atoms with Crippen molar-refractivity contribution in [1.82, 2.24) is 19.9 Å². The molecule has 1 aliphatic heterocycles. The van der Waals surface area contributed by atoms with Gasteiger partial charge in [0.1, 0.15) is 0 Å². The fourth-order valence-electron chi connectivity index (χ4n) is 2.94. The Balaban J connectivity index is 0.00000146. The van der Waals surface area contributed by atoms with E-state index in [1.165, 1.54) is 0 Å². The molecule has 0 saturated carbocycles. The van der Waals surface area contributed by atoms with E-state index in [-0.39, 0.29) is 17.1 Å². The molecule has 0 aliphatic carbocycles. The van der Waals surface area contributed by atoms with Crippen LogP contribution in [0.15, 0.2) is 54.6 Å².